The molecule has 1 amide bonds. The zero-order valence-corrected chi connectivity index (χ0v) is 17.4. The molecule has 0 heterocycles. The van der Waals surface area contributed by atoms with Crippen LogP contribution in [0.3, 0.4) is 0 Å². The molecule has 1 fully saturated rings. The van der Waals surface area contributed by atoms with Gasteiger partial charge in [0.1, 0.15) is 0 Å². The molecule has 148 valence electrons. The van der Waals surface area contributed by atoms with E-state index in [9.17, 15) is 4.79 Å². The van der Waals surface area contributed by atoms with E-state index in [0.717, 1.165) is 42.7 Å². The Labute approximate surface area is 176 Å². The maximum atomic E-state index is 11.1. The molecule has 1 saturated carbocycles. The number of halogens is 1. The second kappa shape index (κ2) is 9.26. The molecule has 0 radical (unpaired) electrons. The highest BCUT2D eigenvalue weighted by Gasteiger charge is 2.22. The first kappa shape index (κ1) is 20.4. The fourth-order valence-electron chi connectivity index (χ4n) is 3.51. The van der Waals surface area contributed by atoms with E-state index in [4.69, 9.17) is 29.6 Å². The molecule has 1 aliphatic carbocycles. The van der Waals surface area contributed by atoms with Crippen molar-refractivity contribution in [3.05, 3.63) is 48.0 Å². The molecule has 0 spiro atoms. The number of carbonyl (C=O) groups excluding carboxylic acids is 1. The molecule has 7 heteroatoms. The van der Waals surface area contributed by atoms with Crippen molar-refractivity contribution in [2.45, 2.75) is 43.9 Å². The van der Waals surface area contributed by atoms with Gasteiger partial charge in [-0.15, -0.1) is 11.6 Å². The van der Waals surface area contributed by atoms with Crippen molar-refractivity contribution >= 4 is 57.6 Å². The molecule has 0 aliphatic heterocycles. The number of nitrogens with two attached hydrogens (primary N) is 1. The zero-order chi connectivity index (χ0) is 20.1. The summed E-state index contributed by atoms with van der Waals surface area (Å²) in [6.07, 6.45) is 4.42. The van der Waals surface area contributed by atoms with E-state index in [0.29, 0.717) is 16.7 Å². The number of nitrogens with one attached hydrogen (secondary N) is 3. The molecular weight excluding hydrogens is 392 g/mol. The quantitative estimate of drug-likeness (QED) is 0.309. The smallest absolute Gasteiger partial charge is 0.221 e. The Morgan fingerprint density at radius 3 is 2.36 bits per heavy atom. The molecule has 0 aromatic heterocycles. The topological polar surface area (TPSA) is 79.2 Å². The van der Waals surface area contributed by atoms with Crippen molar-refractivity contribution in [1.29, 1.82) is 0 Å². The fraction of sp³-hybridized carbons (Fsp3) is 0.333. The average Bonchev–Trinajstić information content (AvgIpc) is 2.64. The van der Waals surface area contributed by atoms with Gasteiger partial charge in [0.25, 0.3) is 0 Å². The van der Waals surface area contributed by atoms with Crippen LogP contribution >= 0.6 is 23.8 Å². The molecule has 1 aliphatic rings. The van der Waals surface area contributed by atoms with Crippen molar-refractivity contribution < 1.29 is 4.79 Å². The van der Waals surface area contributed by atoms with Gasteiger partial charge in [0.15, 0.2) is 5.11 Å². The standard InChI is InChI=1S/C21H25ClN4OS/c1-13(27)24-17-6-8-18(9-7-17)25-21(28)26-20-10-5-15(12-19(20)23)14-3-2-4-16(22)11-14/h5-10,12,14,16H,2-4,11,23H2,1H3,(H,24,27)(H2,25,26,28). The summed E-state index contributed by atoms with van der Waals surface area (Å²) in [5, 5.41) is 9.69. The minimum atomic E-state index is -0.105. The molecule has 2 aromatic carbocycles. The van der Waals surface area contributed by atoms with Gasteiger partial charge in [-0.3, -0.25) is 4.79 Å². The summed E-state index contributed by atoms with van der Waals surface area (Å²) in [6.45, 7) is 1.48. The van der Waals surface area contributed by atoms with Crippen LogP contribution < -0.4 is 21.7 Å². The van der Waals surface area contributed by atoms with Gasteiger partial charge in [-0.05, 0) is 79.4 Å². The highest BCUT2D eigenvalue weighted by Crippen LogP contribution is 2.37. The average molecular weight is 417 g/mol. The molecule has 5 N–H and O–H groups in total. The lowest BCUT2D eigenvalue weighted by atomic mass is 9.83. The van der Waals surface area contributed by atoms with Gasteiger partial charge in [-0.2, -0.15) is 0 Å². The summed E-state index contributed by atoms with van der Waals surface area (Å²) in [7, 11) is 0. The first-order chi connectivity index (χ1) is 13.4. The lowest BCUT2D eigenvalue weighted by molar-refractivity contribution is -0.114. The van der Waals surface area contributed by atoms with Crippen molar-refractivity contribution in [2.75, 3.05) is 21.7 Å². The normalized spacial score (nSPS) is 18.9. The highest BCUT2D eigenvalue weighted by atomic mass is 35.5. The van der Waals surface area contributed by atoms with Gasteiger partial charge in [-0.1, -0.05) is 12.5 Å². The van der Waals surface area contributed by atoms with Crippen LogP contribution in [0.15, 0.2) is 42.5 Å². The molecule has 28 heavy (non-hydrogen) atoms. The summed E-state index contributed by atoms with van der Waals surface area (Å²) in [5.74, 6) is 0.367. The molecule has 0 bridgehead atoms. The predicted molar refractivity (Wildman–Crippen MR) is 122 cm³/mol. The van der Waals surface area contributed by atoms with Crippen LogP contribution in [-0.2, 0) is 4.79 Å². The Morgan fingerprint density at radius 2 is 1.75 bits per heavy atom. The largest absolute Gasteiger partial charge is 0.397 e. The van der Waals surface area contributed by atoms with E-state index < -0.39 is 0 Å². The SMILES string of the molecule is CC(=O)Nc1ccc(NC(=S)Nc2ccc(C3CCCC(Cl)C3)cc2N)cc1. The Morgan fingerprint density at radius 1 is 1.07 bits per heavy atom. The van der Waals surface area contributed by atoms with Crippen LogP contribution in [0.4, 0.5) is 22.7 Å². The van der Waals surface area contributed by atoms with E-state index in [1.807, 2.05) is 36.4 Å². The number of carbonyl (C=O) groups is 1. The molecule has 2 aromatic rings. The van der Waals surface area contributed by atoms with Gasteiger partial charge in [0.05, 0.1) is 11.4 Å². The third-order valence-electron chi connectivity index (χ3n) is 4.87. The van der Waals surface area contributed by atoms with Crippen LogP contribution in [-0.4, -0.2) is 16.4 Å². The Balaban J connectivity index is 1.60. The third-order valence-corrected chi connectivity index (χ3v) is 5.47. The minimum absolute atomic E-state index is 0.105. The number of hydrogen-bond acceptors (Lipinski definition) is 3. The molecule has 5 nitrogen and oxygen atoms in total. The number of nitrogen functional groups attached to an aromatic ring is 1. The summed E-state index contributed by atoms with van der Waals surface area (Å²) in [5.41, 5.74) is 10.5. The van der Waals surface area contributed by atoms with Crippen molar-refractivity contribution in [3.63, 3.8) is 0 Å². The number of benzene rings is 2. The summed E-state index contributed by atoms with van der Waals surface area (Å²) in [6, 6.07) is 13.4. The molecule has 2 atom stereocenters. The van der Waals surface area contributed by atoms with E-state index in [-0.39, 0.29) is 11.3 Å². The van der Waals surface area contributed by atoms with Crippen LogP contribution in [0.5, 0.6) is 0 Å². The Bertz CT molecular complexity index is 856. The first-order valence-electron chi connectivity index (χ1n) is 9.40. The number of hydrogen-bond donors (Lipinski definition) is 4. The van der Waals surface area contributed by atoms with Gasteiger partial charge >= 0.3 is 0 Å². The number of amides is 1. The molecule has 2 unspecified atom stereocenters. The van der Waals surface area contributed by atoms with Crippen LogP contribution in [0, 0.1) is 0 Å². The maximum absolute atomic E-state index is 11.1. The van der Waals surface area contributed by atoms with Crippen LogP contribution in [0.1, 0.15) is 44.1 Å². The number of anilines is 4. The zero-order valence-electron chi connectivity index (χ0n) is 15.8. The lowest BCUT2D eigenvalue weighted by Gasteiger charge is -2.26. The van der Waals surface area contributed by atoms with E-state index >= 15 is 0 Å². The van der Waals surface area contributed by atoms with Crippen LogP contribution in [0.25, 0.3) is 0 Å². The third kappa shape index (κ3) is 5.59. The number of alkyl halides is 1. The van der Waals surface area contributed by atoms with Crippen molar-refractivity contribution in [1.82, 2.24) is 0 Å². The van der Waals surface area contributed by atoms with Crippen LogP contribution in [0.2, 0.25) is 0 Å². The molecule has 0 saturated heterocycles. The summed E-state index contributed by atoms with van der Waals surface area (Å²) >= 11 is 11.7. The lowest BCUT2D eigenvalue weighted by Crippen LogP contribution is -2.20. The second-order valence-electron chi connectivity index (χ2n) is 7.15. The Hall–Kier alpha value is -2.31. The number of thiocarbonyl (C=S) groups is 1. The van der Waals surface area contributed by atoms with Gasteiger partial charge < -0.3 is 21.7 Å². The molecule has 3 rings (SSSR count). The monoisotopic (exact) mass is 416 g/mol. The fourth-order valence-corrected chi connectivity index (χ4v) is 4.10. The highest BCUT2D eigenvalue weighted by molar-refractivity contribution is 7.80. The predicted octanol–water partition coefficient (Wildman–Crippen LogP) is 5.30. The van der Waals surface area contributed by atoms with Gasteiger partial charge in [-0.25, -0.2) is 0 Å². The van der Waals surface area contributed by atoms with Gasteiger partial charge in [0.2, 0.25) is 5.91 Å². The Kier molecular flexibility index (Phi) is 6.75. The van der Waals surface area contributed by atoms with E-state index in [1.54, 1.807) is 0 Å². The minimum Gasteiger partial charge on any atom is -0.397 e. The van der Waals surface area contributed by atoms with Crippen molar-refractivity contribution in [2.24, 2.45) is 0 Å². The van der Waals surface area contributed by atoms with E-state index in [2.05, 4.69) is 22.0 Å². The number of rotatable bonds is 4. The maximum Gasteiger partial charge on any atom is 0.221 e. The van der Waals surface area contributed by atoms with Crippen molar-refractivity contribution in [3.8, 4) is 0 Å². The van der Waals surface area contributed by atoms with Gasteiger partial charge in [0, 0.05) is 23.7 Å². The summed E-state index contributed by atoms with van der Waals surface area (Å²) < 4.78 is 0. The second-order valence-corrected chi connectivity index (χ2v) is 8.17. The molecular formula is C21H25ClN4OS. The summed E-state index contributed by atoms with van der Waals surface area (Å²) in [4.78, 5) is 11.1. The first-order valence-corrected chi connectivity index (χ1v) is 10.2. The van der Waals surface area contributed by atoms with E-state index in [1.165, 1.54) is 12.5 Å².